The molecule has 0 radical (unpaired) electrons. The van der Waals surface area contributed by atoms with E-state index in [9.17, 15) is 13.6 Å². The smallest absolute Gasteiger partial charge is 0.227 e. The molecule has 1 aromatic carbocycles. The Kier molecular flexibility index (Phi) is 3.96. The normalized spacial score (nSPS) is 21.5. The zero-order valence-corrected chi connectivity index (χ0v) is 15.0. The Morgan fingerprint density at radius 2 is 1.86 bits per heavy atom. The minimum absolute atomic E-state index is 0.0406. The van der Waals surface area contributed by atoms with Gasteiger partial charge in [0.05, 0.1) is 6.42 Å². The van der Waals surface area contributed by atoms with Crippen molar-refractivity contribution in [1.82, 2.24) is 24.7 Å². The van der Waals surface area contributed by atoms with Crippen LogP contribution in [-0.4, -0.2) is 56.8 Å². The van der Waals surface area contributed by atoms with E-state index in [0.29, 0.717) is 30.6 Å². The first-order chi connectivity index (χ1) is 13.6. The zero-order valence-electron chi connectivity index (χ0n) is 15.0. The van der Waals surface area contributed by atoms with Gasteiger partial charge < -0.3 is 9.80 Å². The number of amides is 1. The Hall–Kier alpha value is -3.10. The van der Waals surface area contributed by atoms with Gasteiger partial charge in [0.2, 0.25) is 5.91 Å². The molecule has 28 heavy (non-hydrogen) atoms. The largest absolute Gasteiger partial charge is 0.354 e. The van der Waals surface area contributed by atoms with Gasteiger partial charge in [-0.25, -0.2) is 8.78 Å². The molecule has 0 spiro atoms. The maximum absolute atomic E-state index is 13.8. The number of fused-ring (bicyclic) bond motifs is 2. The van der Waals surface area contributed by atoms with E-state index in [2.05, 4.69) is 20.2 Å². The number of benzene rings is 1. The Bertz CT molecular complexity index is 1040. The molecule has 0 aliphatic carbocycles. The molecule has 2 atom stereocenters. The van der Waals surface area contributed by atoms with Crippen molar-refractivity contribution in [2.24, 2.45) is 11.8 Å². The predicted molar refractivity (Wildman–Crippen MR) is 96.6 cm³/mol. The SMILES string of the molecule is O=C(Cc1ccc(F)cc1F)N1CC2CN(c3ccc4nncn4n3)CC2C1. The highest BCUT2D eigenvalue weighted by Crippen LogP contribution is 2.33. The van der Waals surface area contributed by atoms with Crippen LogP contribution >= 0.6 is 0 Å². The van der Waals surface area contributed by atoms with Crippen molar-refractivity contribution in [3.8, 4) is 0 Å². The van der Waals surface area contributed by atoms with E-state index in [1.807, 2.05) is 12.1 Å². The number of nitrogens with zero attached hydrogens (tertiary/aromatic N) is 6. The molecule has 9 heteroatoms. The molecule has 2 aliphatic heterocycles. The third-order valence-electron chi connectivity index (χ3n) is 5.67. The van der Waals surface area contributed by atoms with Crippen LogP contribution in [0.2, 0.25) is 0 Å². The topological polar surface area (TPSA) is 66.6 Å². The highest BCUT2D eigenvalue weighted by Gasteiger charge is 2.42. The van der Waals surface area contributed by atoms with Crippen LogP contribution in [0.25, 0.3) is 5.65 Å². The highest BCUT2D eigenvalue weighted by molar-refractivity contribution is 5.79. The van der Waals surface area contributed by atoms with Gasteiger partial charge in [-0.2, -0.15) is 4.52 Å². The highest BCUT2D eigenvalue weighted by atomic mass is 19.1. The van der Waals surface area contributed by atoms with Gasteiger partial charge in [-0.15, -0.1) is 15.3 Å². The fourth-order valence-electron chi connectivity index (χ4n) is 4.21. The number of rotatable bonds is 3. The van der Waals surface area contributed by atoms with Gasteiger partial charge in [0.25, 0.3) is 0 Å². The lowest BCUT2D eigenvalue weighted by Gasteiger charge is -2.22. The monoisotopic (exact) mass is 384 g/mol. The van der Waals surface area contributed by atoms with Crippen LogP contribution in [0.5, 0.6) is 0 Å². The van der Waals surface area contributed by atoms with E-state index < -0.39 is 11.6 Å². The fourth-order valence-corrected chi connectivity index (χ4v) is 4.21. The average molecular weight is 384 g/mol. The molecular formula is C19H18F2N6O. The molecule has 4 heterocycles. The zero-order chi connectivity index (χ0) is 19.3. The first-order valence-corrected chi connectivity index (χ1v) is 9.20. The van der Waals surface area contributed by atoms with E-state index in [1.54, 1.807) is 15.7 Å². The molecule has 2 aliphatic rings. The van der Waals surface area contributed by atoms with Crippen LogP contribution in [0, 0.1) is 23.5 Å². The number of carbonyl (C=O) groups excluding carboxylic acids is 1. The molecule has 144 valence electrons. The van der Waals surface area contributed by atoms with Crippen LogP contribution < -0.4 is 4.90 Å². The number of likely N-dealkylation sites (tertiary alicyclic amines) is 1. The molecule has 2 saturated heterocycles. The summed E-state index contributed by atoms with van der Waals surface area (Å²) in [4.78, 5) is 16.6. The summed E-state index contributed by atoms with van der Waals surface area (Å²) >= 11 is 0. The van der Waals surface area contributed by atoms with Gasteiger partial charge >= 0.3 is 0 Å². The molecule has 2 unspecified atom stereocenters. The maximum Gasteiger partial charge on any atom is 0.227 e. The van der Waals surface area contributed by atoms with Gasteiger partial charge in [0, 0.05) is 44.1 Å². The van der Waals surface area contributed by atoms with Gasteiger partial charge in [0.15, 0.2) is 5.65 Å². The summed E-state index contributed by atoms with van der Waals surface area (Å²) < 4.78 is 28.5. The first-order valence-electron chi connectivity index (χ1n) is 9.20. The van der Waals surface area contributed by atoms with Gasteiger partial charge in [-0.05, 0) is 23.8 Å². The van der Waals surface area contributed by atoms with Crippen LogP contribution in [0.4, 0.5) is 14.6 Å². The summed E-state index contributed by atoms with van der Waals surface area (Å²) in [5, 5.41) is 12.3. The molecule has 0 saturated carbocycles. The summed E-state index contributed by atoms with van der Waals surface area (Å²) in [6.07, 6.45) is 1.53. The Labute approximate surface area is 159 Å². The first kappa shape index (κ1) is 17.0. The Morgan fingerprint density at radius 1 is 1.07 bits per heavy atom. The molecule has 0 bridgehead atoms. The van der Waals surface area contributed by atoms with Crippen LogP contribution in [-0.2, 0) is 11.2 Å². The molecule has 0 N–H and O–H groups in total. The van der Waals surface area contributed by atoms with E-state index in [4.69, 9.17) is 0 Å². The number of hydrogen-bond donors (Lipinski definition) is 0. The van der Waals surface area contributed by atoms with Crippen LogP contribution in [0.3, 0.4) is 0 Å². The molecule has 1 amide bonds. The fraction of sp³-hybridized carbons (Fsp3) is 0.368. The second-order valence-corrected chi connectivity index (χ2v) is 7.46. The van der Waals surface area contributed by atoms with E-state index in [1.165, 1.54) is 12.1 Å². The van der Waals surface area contributed by atoms with E-state index >= 15 is 0 Å². The average Bonchev–Trinajstić information content (AvgIpc) is 3.37. The standard InChI is InChI=1S/C19H18F2N6O/c20-15-2-1-12(16(21)6-15)5-19(28)26-9-13-7-25(8-14(13)10-26)18-4-3-17-23-22-11-27(17)24-18/h1-4,6,11,13-14H,5,7-10H2. The number of anilines is 1. The van der Waals surface area contributed by atoms with E-state index in [-0.39, 0.29) is 17.9 Å². The summed E-state index contributed by atoms with van der Waals surface area (Å²) in [6, 6.07) is 7.16. The van der Waals surface area contributed by atoms with Crippen molar-refractivity contribution in [3.63, 3.8) is 0 Å². The van der Waals surface area contributed by atoms with Gasteiger partial charge in [-0.3, -0.25) is 4.79 Å². The number of aromatic nitrogens is 4. The lowest BCUT2D eigenvalue weighted by Crippen LogP contribution is -2.34. The van der Waals surface area contributed by atoms with E-state index in [0.717, 1.165) is 25.0 Å². The van der Waals surface area contributed by atoms with Gasteiger partial charge in [-0.1, -0.05) is 6.07 Å². The lowest BCUT2D eigenvalue weighted by molar-refractivity contribution is -0.129. The van der Waals surface area contributed by atoms with Crippen LogP contribution in [0.15, 0.2) is 36.7 Å². The third kappa shape index (κ3) is 2.96. The number of halogens is 2. The molecule has 2 fully saturated rings. The molecule has 2 aromatic heterocycles. The minimum Gasteiger partial charge on any atom is -0.354 e. The van der Waals surface area contributed by atoms with Crippen molar-refractivity contribution >= 4 is 17.4 Å². The second-order valence-electron chi connectivity index (χ2n) is 7.46. The van der Waals surface area contributed by atoms with Crippen molar-refractivity contribution in [2.75, 3.05) is 31.1 Å². The third-order valence-corrected chi connectivity index (χ3v) is 5.67. The summed E-state index contributed by atoms with van der Waals surface area (Å²) in [5.41, 5.74) is 0.935. The number of hydrogen-bond acceptors (Lipinski definition) is 5. The van der Waals surface area contributed by atoms with Crippen molar-refractivity contribution in [2.45, 2.75) is 6.42 Å². The summed E-state index contributed by atoms with van der Waals surface area (Å²) in [6.45, 7) is 2.94. The Morgan fingerprint density at radius 3 is 2.61 bits per heavy atom. The lowest BCUT2D eigenvalue weighted by atomic mass is 10.0. The Balaban J connectivity index is 1.23. The molecule has 7 nitrogen and oxygen atoms in total. The second kappa shape index (κ2) is 6.50. The summed E-state index contributed by atoms with van der Waals surface area (Å²) in [7, 11) is 0. The maximum atomic E-state index is 13.8. The predicted octanol–water partition coefficient (Wildman–Crippen LogP) is 1.54. The summed E-state index contributed by atoms with van der Waals surface area (Å²) in [5.74, 6) is 0.168. The van der Waals surface area contributed by atoms with Crippen molar-refractivity contribution in [1.29, 1.82) is 0 Å². The molecule has 3 aromatic rings. The van der Waals surface area contributed by atoms with Crippen molar-refractivity contribution in [3.05, 3.63) is 53.9 Å². The quantitative estimate of drug-likeness (QED) is 0.685. The minimum atomic E-state index is -0.672. The van der Waals surface area contributed by atoms with Gasteiger partial charge in [0.1, 0.15) is 23.8 Å². The molecule has 5 rings (SSSR count). The van der Waals surface area contributed by atoms with Crippen LogP contribution in [0.1, 0.15) is 5.56 Å². The van der Waals surface area contributed by atoms with Crippen molar-refractivity contribution < 1.29 is 13.6 Å². The molecular weight excluding hydrogens is 366 g/mol. The number of carbonyl (C=O) groups is 1.